The Morgan fingerprint density at radius 3 is 1.62 bits per heavy atom. The summed E-state index contributed by atoms with van der Waals surface area (Å²) >= 11 is 0. The van der Waals surface area contributed by atoms with E-state index in [9.17, 15) is 0 Å². The molecular weight excluding hydrogens is 160 g/mol. The highest BCUT2D eigenvalue weighted by atomic mass is 14.8. The predicted octanol–water partition coefficient (Wildman–Crippen LogP) is 3.54. The number of rotatable bonds is 6. The van der Waals surface area contributed by atoms with Crippen molar-refractivity contribution in [1.82, 2.24) is 0 Å². The van der Waals surface area contributed by atoms with Gasteiger partial charge in [0.05, 0.1) is 18.1 Å². The quantitative estimate of drug-likeness (QED) is 0.561. The molecule has 0 heterocycles. The highest BCUT2D eigenvalue weighted by molar-refractivity contribution is 5.41. The molecule has 76 valence electrons. The second-order valence-corrected chi connectivity index (χ2v) is 3.63. The first-order chi connectivity index (χ1) is 6.20. The summed E-state index contributed by atoms with van der Waals surface area (Å²) < 4.78 is 0. The lowest BCUT2D eigenvalue weighted by Crippen LogP contribution is -1.97. The smallest absolute Gasteiger partial charge is 0.0898 e. The van der Waals surface area contributed by atoms with Crippen molar-refractivity contribution in [2.75, 3.05) is 0 Å². The van der Waals surface area contributed by atoms with Gasteiger partial charge in [-0.15, -0.1) is 0 Å². The third-order valence-electron chi connectivity index (χ3n) is 1.97. The van der Waals surface area contributed by atoms with E-state index in [2.05, 4.69) is 43.7 Å². The summed E-state index contributed by atoms with van der Waals surface area (Å²) in [5.41, 5.74) is 0. The minimum atomic E-state index is 0.377. The number of aliphatic imine (C=N–C) groups is 2. The van der Waals surface area contributed by atoms with Crippen molar-refractivity contribution in [1.29, 1.82) is 0 Å². The summed E-state index contributed by atoms with van der Waals surface area (Å²) in [4.78, 5) is 8.44. The van der Waals surface area contributed by atoms with Crippen molar-refractivity contribution in [3.05, 3.63) is 0 Å². The van der Waals surface area contributed by atoms with Crippen LogP contribution in [0.15, 0.2) is 9.98 Å². The first-order valence-corrected chi connectivity index (χ1v) is 5.35. The molecule has 0 N–H and O–H groups in total. The molecule has 0 bridgehead atoms. The standard InChI is InChI=1S/C11H22N2/c1-5-7-10(3)12-9-13-11(4)8-6-2/h10-11H,5-8H2,1-4H3. The highest BCUT2D eigenvalue weighted by Gasteiger charge is 1.95. The lowest BCUT2D eigenvalue weighted by molar-refractivity contribution is 0.645. The van der Waals surface area contributed by atoms with Crippen LogP contribution in [0.2, 0.25) is 0 Å². The van der Waals surface area contributed by atoms with Gasteiger partial charge >= 0.3 is 0 Å². The van der Waals surface area contributed by atoms with Crippen molar-refractivity contribution in [2.45, 2.75) is 65.5 Å². The van der Waals surface area contributed by atoms with E-state index in [1.54, 1.807) is 0 Å². The van der Waals surface area contributed by atoms with Crippen LogP contribution in [-0.2, 0) is 0 Å². The fraction of sp³-hybridized carbons (Fsp3) is 0.909. The molecule has 0 aromatic heterocycles. The van der Waals surface area contributed by atoms with Crippen LogP contribution < -0.4 is 0 Å². The highest BCUT2D eigenvalue weighted by Crippen LogP contribution is 2.00. The van der Waals surface area contributed by atoms with Gasteiger partial charge in [-0.25, -0.2) is 9.98 Å². The Balaban J connectivity index is 3.79. The lowest BCUT2D eigenvalue weighted by Gasteiger charge is -2.00. The average molecular weight is 182 g/mol. The largest absolute Gasteiger partial charge is 0.223 e. The van der Waals surface area contributed by atoms with Gasteiger partial charge in [0.25, 0.3) is 0 Å². The zero-order chi connectivity index (χ0) is 10.1. The Kier molecular flexibility index (Phi) is 7.62. The fourth-order valence-corrected chi connectivity index (χ4v) is 1.20. The molecule has 0 rings (SSSR count). The molecule has 0 saturated carbocycles. The minimum Gasteiger partial charge on any atom is -0.223 e. The van der Waals surface area contributed by atoms with E-state index in [-0.39, 0.29) is 0 Å². The minimum absolute atomic E-state index is 0.377. The first-order valence-electron chi connectivity index (χ1n) is 5.35. The summed E-state index contributed by atoms with van der Waals surface area (Å²) in [6.07, 6.45) is 4.61. The van der Waals surface area contributed by atoms with Crippen LogP contribution in [0.5, 0.6) is 0 Å². The molecule has 0 fully saturated rings. The molecule has 2 heteroatoms. The molecule has 0 aliphatic carbocycles. The van der Waals surface area contributed by atoms with Crippen LogP contribution in [0.1, 0.15) is 53.4 Å². The maximum Gasteiger partial charge on any atom is 0.0898 e. The molecule has 0 saturated heterocycles. The first kappa shape index (κ1) is 12.4. The van der Waals surface area contributed by atoms with Gasteiger partial charge in [-0.1, -0.05) is 26.7 Å². The number of hydrogen-bond donors (Lipinski definition) is 0. The van der Waals surface area contributed by atoms with Gasteiger partial charge in [0.1, 0.15) is 0 Å². The second kappa shape index (κ2) is 8.00. The van der Waals surface area contributed by atoms with Gasteiger partial charge in [-0.3, -0.25) is 0 Å². The van der Waals surface area contributed by atoms with Crippen molar-refractivity contribution in [2.24, 2.45) is 9.98 Å². The van der Waals surface area contributed by atoms with Crippen LogP contribution in [-0.4, -0.2) is 18.1 Å². The molecule has 0 aromatic carbocycles. The van der Waals surface area contributed by atoms with Crippen LogP contribution >= 0.6 is 0 Å². The maximum atomic E-state index is 4.22. The monoisotopic (exact) mass is 182 g/mol. The van der Waals surface area contributed by atoms with E-state index >= 15 is 0 Å². The maximum absolute atomic E-state index is 4.22. The molecule has 0 aliphatic heterocycles. The van der Waals surface area contributed by atoms with E-state index < -0.39 is 0 Å². The second-order valence-electron chi connectivity index (χ2n) is 3.63. The molecule has 0 radical (unpaired) electrons. The summed E-state index contributed by atoms with van der Waals surface area (Å²) in [6.45, 7) is 8.55. The zero-order valence-corrected chi connectivity index (χ0v) is 9.38. The molecular formula is C11H22N2. The van der Waals surface area contributed by atoms with Crippen LogP contribution in [0, 0.1) is 0 Å². The molecule has 0 spiro atoms. The van der Waals surface area contributed by atoms with Crippen LogP contribution in [0.25, 0.3) is 0 Å². The lowest BCUT2D eigenvalue weighted by atomic mass is 10.2. The van der Waals surface area contributed by atoms with Gasteiger partial charge < -0.3 is 0 Å². The molecule has 0 amide bonds. The molecule has 13 heavy (non-hydrogen) atoms. The summed E-state index contributed by atoms with van der Waals surface area (Å²) in [5, 5.41) is 0. The molecule has 0 aromatic rings. The summed E-state index contributed by atoms with van der Waals surface area (Å²) in [7, 11) is 0. The Morgan fingerprint density at radius 1 is 0.923 bits per heavy atom. The molecule has 0 aliphatic rings. The van der Waals surface area contributed by atoms with Gasteiger partial charge in [0.2, 0.25) is 0 Å². The topological polar surface area (TPSA) is 24.7 Å². The SMILES string of the molecule is CCCC(C)N=C=NC(C)CCC. The Hall–Kier alpha value is -0.620. The van der Waals surface area contributed by atoms with Crippen molar-refractivity contribution >= 4 is 6.01 Å². The predicted molar refractivity (Wildman–Crippen MR) is 58.6 cm³/mol. The summed E-state index contributed by atoms with van der Waals surface area (Å²) in [6, 6.07) is 3.56. The molecule has 2 unspecified atom stereocenters. The van der Waals surface area contributed by atoms with Gasteiger partial charge in [0.15, 0.2) is 0 Å². The molecule has 2 nitrogen and oxygen atoms in total. The average Bonchev–Trinajstić information content (AvgIpc) is 2.05. The normalized spacial score (nSPS) is 14.5. The number of hydrogen-bond acceptors (Lipinski definition) is 2. The van der Waals surface area contributed by atoms with Crippen molar-refractivity contribution < 1.29 is 0 Å². The van der Waals surface area contributed by atoms with Gasteiger partial charge in [-0.05, 0) is 26.7 Å². The van der Waals surface area contributed by atoms with Crippen LogP contribution in [0.3, 0.4) is 0 Å². The van der Waals surface area contributed by atoms with E-state index in [0.717, 1.165) is 12.8 Å². The fourth-order valence-electron chi connectivity index (χ4n) is 1.20. The Morgan fingerprint density at radius 2 is 1.31 bits per heavy atom. The van der Waals surface area contributed by atoms with E-state index in [4.69, 9.17) is 0 Å². The third-order valence-corrected chi connectivity index (χ3v) is 1.97. The third kappa shape index (κ3) is 7.73. The summed E-state index contributed by atoms with van der Waals surface area (Å²) in [5.74, 6) is 0. The molecule has 2 atom stereocenters. The van der Waals surface area contributed by atoms with E-state index in [1.165, 1.54) is 12.8 Å². The Bertz CT molecular complexity index is 153. The van der Waals surface area contributed by atoms with Crippen molar-refractivity contribution in [3.63, 3.8) is 0 Å². The van der Waals surface area contributed by atoms with Crippen LogP contribution in [0.4, 0.5) is 0 Å². The van der Waals surface area contributed by atoms with E-state index in [1.807, 2.05) is 0 Å². The van der Waals surface area contributed by atoms with E-state index in [0.29, 0.717) is 12.1 Å². The van der Waals surface area contributed by atoms with Crippen molar-refractivity contribution in [3.8, 4) is 0 Å². The van der Waals surface area contributed by atoms with Gasteiger partial charge in [-0.2, -0.15) is 0 Å². The Labute approximate surface area is 82.2 Å². The van der Waals surface area contributed by atoms with Gasteiger partial charge in [0, 0.05) is 0 Å². The zero-order valence-electron chi connectivity index (χ0n) is 9.38. The number of nitrogens with zero attached hydrogens (tertiary/aromatic N) is 2.